The number of amides is 1. The minimum atomic E-state index is -3.66. The van der Waals surface area contributed by atoms with Crippen LogP contribution in [0.1, 0.15) is 32.3 Å². The van der Waals surface area contributed by atoms with Gasteiger partial charge in [-0.1, -0.05) is 37.3 Å². The largest absolute Gasteiger partial charge is 0.352 e. The number of piperidine rings is 1. The molecule has 9 heteroatoms. The molecule has 4 rings (SSSR count). The Morgan fingerprint density at radius 2 is 1.89 bits per heavy atom. The fourth-order valence-corrected chi connectivity index (χ4v) is 5.68. The van der Waals surface area contributed by atoms with Gasteiger partial charge in [0.2, 0.25) is 10.0 Å². The molecular formula is C27H29N5O3S. The second-order valence-electron chi connectivity index (χ2n) is 8.86. The van der Waals surface area contributed by atoms with E-state index in [9.17, 15) is 18.5 Å². The quantitative estimate of drug-likeness (QED) is 0.387. The van der Waals surface area contributed by atoms with Gasteiger partial charge in [0.05, 0.1) is 10.6 Å². The van der Waals surface area contributed by atoms with Crippen LogP contribution in [0, 0.1) is 17.2 Å². The van der Waals surface area contributed by atoms with Crippen LogP contribution in [0.4, 0.5) is 0 Å². The fraction of sp³-hybridized carbons (Fsp3) is 0.296. The van der Waals surface area contributed by atoms with E-state index in [1.54, 1.807) is 46.4 Å². The second kappa shape index (κ2) is 10.9. The molecule has 1 amide bonds. The van der Waals surface area contributed by atoms with Crippen LogP contribution >= 0.6 is 0 Å². The first-order chi connectivity index (χ1) is 17.3. The smallest absolute Gasteiger partial charge is 0.261 e. The number of carbonyl (C=O) groups excluding carboxylic acids is 1. The first-order valence-electron chi connectivity index (χ1n) is 12.0. The normalized spacial score (nSPS) is 15.4. The van der Waals surface area contributed by atoms with Gasteiger partial charge in [0.15, 0.2) is 0 Å². The summed E-state index contributed by atoms with van der Waals surface area (Å²) in [6.07, 6.45) is 4.90. The van der Waals surface area contributed by atoms with E-state index in [2.05, 4.69) is 12.2 Å². The predicted molar refractivity (Wildman–Crippen MR) is 138 cm³/mol. The summed E-state index contributed by atoms with van der Waals surface area (Å²) in [4.78, 5) is 12.6. The van der Waals surface area contributed by atoms with Gasteiger partial charge in [0.1, 0.15) is 17.3 Å². The molecule has 1 fully saturated rings. The molecule has 2 heterocycles. The summed E-state index contributed by atoms with van der Waals surface area (Å²) in [7, 11) is -3.66. The third-order valence-electron chi connectivity index (χ3n) is 6.25. The third-order valence-corrected chi connectivity index (χ3v) is 8.15. The molecule has 1 aliphatic rings. The number of nitrogens with zero attached hydrogens (tertiary/aromatic N) is 4. The maximum atomic E-state index is 13.4. The Labute approximate surface area is 211 Å². The molecule has 1 N–H and O–H groups in total. The molecule has 0 atom stereocenters. The molecule has 2 aromatic carbocycles. The Morgan fingerprint density at radius 1 is 1.17 bits per heavy atom. The van der Waals surface area contributed by atoms with E-state index >= 15 is 0 Å². The van der Waals surface area contributed by atoms with E-state index in [1.165, 1.54) is 6.08 Å². The number of aromatic nitrogens is 2. The van der Waals surface area contributed by atoms with E-state index in [-0.39, 0.29) is 10.5 Å². The minimum absolute atomic E-state index is 0.0584. The maximum Gasteiger partial charge on any atom is 0.261 e. The van der Waals surface area contributed by atoms with Crippen molar-refractivity contribution in [3.05, 3.63) is 71.9 Å². The van der Waals surface area contributed by atoms with Gasteiger partial charge in [-0.05, 0) is 56.0 Å². The lowest BCUT2D eigenvalue weighted by Gasteiger charge is -2.29. The first-order valence-corrected chi connectivity index (χ1v) is 13.4. The molecule has 3 aromatic rings. The van der Waals surface area contributed by atoms with Gasteiger partial charge < -0.3 is 5.32 Å². The summed E-state index contributed by atoms with van der Waals surface area (Å²) in [6.45, 7) is 5.31. The number of rotatable bonds is 7. The van der Waals surface area contributed by atoms with Crippen LogP contribution in [0.15, 0.2) is 71.3 Å². The van der Waals surface area contributed by atoms with E-state index in [4.69, 9.17) is 5.10 Å². The van der Waals surface area contributed by atoms with Crippen LogP contribution in [0.2, 0.25) is 0 Å². The van der Waals surface area contributed by atoms with Gasteiger partial charge in [0, 0.05) is 37.0 Å². The van der Waals surface area contributed by atoms with E-state index in [1.807, 2.05) is 36.4 Å². The lowest BCUT2D eigenvalue weighted by molar-refractivity contribution is -0.116. The van der Waals surface area contributed by atoms with E-state index < -0.39 is 15.9 Å². The zero-order valence-corrected chi connectivity index (χ0v) is 21.2. The Bertz CT molecular complexity index is 1410. The Kier molecular flexibility index (Phi) is 7.67. The summed E-state index contributed by atoms with van der Waals surface area (Å²) in [5, 5.41) is 16.9. The van der Waals surface area contributed by atoms with Crippen molar-refractivity contribution in [2.45, 2.75) is 31.6 Å². The van der Waals surface area contributed by atoms with Crippen molar-refractivity contribution in [2.75, 3.05) is 19.6 Å². The highest BCUT2D eigenvalue weighted by molar-refractivity contribution is 7.89. The van der Waals surface area contributed by atoms with Crippen molar-refractivity contribution < 1.29 is 13.2 Å². The second-order valence-corrected chi connectivity index (χ2v) is 10.8. The SMILES string of the molecule is CCNC(=O)/C(C#N)=C\c1cn(-c2ccccc2)nc1-c1cccc(S(=O)(=O)N2CCC(C)CC2)c1. The number of para-hydroxylation sites is 1. The zero-order valence-electron chi connectivity index (χ0n) is 20.4. The number of nitrogens with one attached hydrogen (secondary N) is 1. The van der Waals surface area contributed by atoms with Gasteiger partial charge in [-0.3, -0.25) is 4.79 Å². The lowest BCUT2D eigenvalue weighted by atomic mass is 10.0. The molecule has 186 valence electrons. The number of hydrogen-bond donors (Lipinski definition) is 1. The number of carbonyl (C=O) groups is 1. The molecule has 36 heavy (non-hydrogen) atoms. The number of likely N-dealkylation sites (N-methyl/N-ethyl adjacent to an activating group) is 1. The van der Waals surface area contributed by atoms with Crippen LogP contribution in [-0.2, 0) is 14.8 Å². The summed E-state index contributed by atoms with van der Waals surface area (Å²) in [5.74, 6) is 0.0346. The topological polar surface area (TPSA) is 108 Å². The van der Waals surface area contributed by atoms with Gasteiger partial charge in [0.25, 0.3) is 5.91 Å². The highest BCUT2D eigenvalue weighted by Gasteiger charge is 2.28. The van der Waals surface area contributed by atoms with Crippen molar-refractivity contribution >= 4 is 22.0 Å². The minimum Gasteiger partial charge on any atom is -0.352 e. The van der Waals surface area contributed by atoms with Crippen LogP contribution in [0.5, 0.6) is 0 Å². The van der Waals surface area contributed by atoms with Crippen molar-refractivity contribution in [3.63, 3.8) is 0 Å². The van der Waals surface area contributed by atoms with E-state index in [0.717, 1.165) is 18.5 Å². The van der Waals surface area contributed by atoms with Gasteiger partial charge in [-0.2, -0.15) is 14.7 Å². The molecule has 0 unspecified atom stereocenters. The standard InChI is InChI=1S/C27H29N5O3S/c1-3-29-27(33)22(18-28)16-23-19-32(24-9-5-4-6-10-24)30-26(23)21-8-7-11-25(17-21)36(34,35)31-14-12-20(2)13-15-31/h4-11,16-17,19-20H,3,12-15H2,1-2H3,(H,29,33)/b22-16-. The van der Waals surface area contributed by atoms with Crippen LogP contribution < -0.4 is 5.32 Å². The highest BCUT2D eigenvalue weighted by atomic mass is 32.2. The summed E-state index contributed by atoms with van der Waals surface area (Å²) in [6, 6.07) is 18.1. The molecule has 1 aromatic heterocycles. The number of hydrogen-bond acceptors (Lipinski definition) is 5. The summed E-state index contributed by atoms with van der Waals surface area (Å²) < 4.78 is 29.9. The molecule has 1 saturated heterocycles. The number of sulfonamides is 1. The monoisotopic (exact) mass is 503 g/mol. The molecule has 0 spiro atoms. The average Bonchev–Trinajstić information content (AvgIpc) is 3.32. The molecular weight excluding hydrogens is 474 g/mol. The fourth-order valence-electron chi connectivity index (χ4n) is 4.17. The predicted octanol–water partition coefficient (Wildman–Crippen LogP) is 4.00. The van der Waals surface area contributed by atoms with Crippen LogP contribution in [0.25, 0.3) is 23.0 Å². The maximum absolute atomic E-state index is 13.4. The number of nitriles is 1. The Hall–Kier alpha value is -3.74. The zero-order chi connectivity index (χ0) is 25.7. The molecule has 0 bridgehead atoms. The van der Waals surface area contributed by atoms with Crippen LogP contribution in [0.3, 0.4) is 0 Å². The Morgan fingerprint density at radius 3 is 2.56 bits per heavy atom. The van der Waals surface area contributed by atoms with Crippen molar-refractivity contribution in [3.8, 4) is 23.0 Å². The number of benzene rings is 2. The van der Waals surface area contributed by atoms with Crippen molar-refractivity contribution in [1.29, 1.82) is 5.26 Å². The summed E-state index contributed by atoms with van der Waals surface area (Å²) >= 11 is 0. The van der Waals surface area contributed by atoms with Gasteiger partial charge in [-0.15, -0.1) is 0 Å². The molecule has 8 nitrogen and oxygen atoms in total. The molecule has 1 aliphatic heterocycles. The molecule has 0 aliphatic carbocycles. The van der Waals surface area contributed by atoms with Crippen molar-refractivity contribution in [1.82, 2.24) is 19.4 Å². The Balaban J connectivity index is 1.80. The average molecular weight is 504 g/mol. The van der Waals surface area contributed by atoms with Gasteiger partial charge >= 0.3 is 0 Å². The van der Waals surface area contributed by atoms with Crippen molar-refractivity contribution in [2.24, 2.45) is 5.92 Å². The third kappa shape index (κ3) is 5.40. The molecule has 0 saturated carbocycles. The van der Waals surface area contributed by atoms with E-state index in [0.29, 0.717) is 42.4 Å². The highest BCUT2D eigenvalue weighted by Crippen LogP contribution is 2.30. The van der Waals surface area contributed by atoms with Crippen LogP contribution in [-0.4, -0.2) is 48.0 Å². The molecule has 0 radical (unpaired) electrons. The van der Waals surface area contributed by atoms with Gasteiger partial charge in [-0.25, -0.2) is 13.1 Å². The lowest BCUT2D eigenvalue weighted by Crippen LogP contribution is -2.37. The first kappa shape index (κ1) is 25.4. The summed E-state index contributed by atoms with van der Waals surface area (Å²) in [5.41, 5.74) is 2.32.